The van der Waals surface area contributed by atoms with Crippen molar-refractivity contribution in [2.24, 2.45) is 0 Å². The summed E-state index contributed by atoms with van der Waals surface area (Å²) in [7, 11) is 2.19. The number of aryl methyl sites for hydroxylation is 2. The number of rotatable bonds is 8. The highest BCUT2D eigenvalue weighted by atomic mass is 16.5. The summed E-state index contributed by atoms with van der Waals surface area (Å²) in [5.41, 5.74) is 5.42. The summed E-state index contributed by atoms with van der Waals surface area (Å²) in [6.45, 7) is 10.6. The Hall–Kier alpha value is -2.96. The maximum atomic E-state index is 6.00. The number of nitrogens with one attached hydrogen (secondary N) is 1. The summed E-state index contributed by atoms with van der Waals surface area (Å²) in [6, 6.07) is 16.3. The zero-order valence-corrected chi connectivity index (χ0v) is 19.3. The van der Waals surface area contributed by atoms with Gasteiger partial charge in [-0.05, 0) is 56.6 Å². The molecule has 0 atom stereocenters. The number of aromatic nitrogens is 2. The number of anilines is 2. The van der Waals surface area contributed by atoms with Crippen molar-refractivity contribution in [3.63, 3.8) is 0 Å². The quantitative estimate of drug-likeness (QED) is 0.529. The molecule has 4 rings (SSSR count). The maximum absolute atomic E-state index is 6.00. The first-order valence-electron chi connectivity index (χ1n) is 11.4. The van der Waals surface area contributed by atoms with Gasteiger partial charge in [0.15, 0.2) is 0 Å². The van der Waals surface area contributed by atoms with E-state index in [0.717, 1.165) is 61.8 Å². The Labute approximate surface area is 191 Å². The fourth-order valence-electron chi connectivity index (χ4n) is 4.12. The molecule has 1 aliphatic rings. The lowest BCUT2D eigenvalue weighted by Gasteiger charge is -2.32. The van der Waals surface area contributed by atoms with Crippen LogP contribution in [-0.2, 0) is 0 Å². The predicted octanol–water partition coefficient (Wildman–Crippen LogP) is 4.52. The standard InChI is InChI=1S/C26H33N5O/c1-20-7-4-8-21(2)25(20)24-11-12-27-26(29-24)28-22-9-5-10-23(19-22)32-18-6-13-31-16-14-30(3)15-17-31/h4-5,7-12,19H,6,13-18H2,1-3H3,(H,27,28,29). The Morgan fingerprint density at radius 1 is 0.969 bits per heavy atom. The number of nitrogens with zero attached hydrogens (tertiary/aromatic N) is 4. The van der Waals surface area contributed by atoms with E-state index in [1.807, 2.05) is 30.3 Å². The van der Waals surface area contributed by atoms with Gasteiger partial charge in [0.05, 0.1) is 12.3 Å². The minimum atomic E-state index is 0.581. The van der Waals surface area contributed by atoms with Gasteiger partial charge in [-0.2, -0.15) is 0 Å². The molecule has 0 spiro atoms. The van der Waals surface area contributed by atoms with Crippen LogP contribution >= 0.6 is 0 Å². The second kappa shape index (κ2) is 10.6. The van der Waals surface area contributed by atoms with Crippen molar-refractivity contribution in [3.05, 3.63) is 65.9 Å². The number of ether oxygens (including phenoxy) is 1. The highest BCUT2D eigenvalue weighted by molar-refractivity contribution is 5.68. The van der Waals surface area contributed by atoms with Gasteiger partial charge in [-0.1, -0.05) is 24.3 Å². The lowest BCUT2D eigenvalue weighted by atomic mass is 10.00. The monoisotopic (exact) mass is 431 g/mol. The fraction of sp³-hybridized carbons (Fsp3) is 0.385. The molecule has 1 fully saturated rings. The lowest BCUT2D eigenvalue weighted by Crippen LogP contribution is -2.44. The highest BCUT2D eigenvalue weighted by Gasteiger charge is 2.13. The van der Waals surface area contributed by atoms with Crippen molar-refractivity contribution in [2.45, 2.75) is 20.3 Å². The number of hydrogen-bond acceptors (Lipinski definition) is 6. The van der Waals surface area contributed by atoms with Crippen LogP contribution in [0.4, 0.5) is 11.6 Å². The number of hydrogen-bond donors (Lipinski definition) is 1. The van der Waals surface area contributed by atoms with E-state index in [0.29, 0.717) is 12.6 Å². The lowest BCUT2D eigenvalue weighted by molar-refractivity contribution is 0.145. The molecule has 0 saturated carbocycles. The van der Waals surface area contributed by atoms with Crippen molar-refractivity contribution in [1.82, 2.24) is 19.8 Å². The molecular formula is C26H33N5O. The average molecular weight is 432 g/mol. The fourth-order valence-corrected chi connectivity index (χ4v) is 4.12. The van der Waals surface area contributed by atoms with E-state index < -0.39 is 0 Å². The molecule has 2 heterocycles. The van der Waals surface area contributed by atoms with Gasteiger partial charge >= 0.3 is 0 Å². The van der Waals surface area contributed by atoms with Crippen LogP contribution in [-0.4, -0.2) is 66.1 Å². The van der Waals surface area contributed by atoms with E-state index in [1.54, 1.807) is 6.20 Å². The summed E-state index contributed by atoms with van der Waals surface area (Å²) in [5.74, 6) is 1.44. The normalized spacial score (nSPS) is 15.0. The molecule has 0 radical (unpaired) electrons. The van der Waals surface area contributed by atoms with E-state index in [-0.39, 0.29) is 0 Å². The second-order valence-corrected chi connectivity index (χ2v) is 8.53. The summed E-state index contributed by atoms with van der Waals surface area (Å²) in [4.78, 5) is 14.1. The van der Waals surface area contributed by atoms with Crippen LogP contribution in [0.1, 0.15) is 17.5 Å². The Morgan fingerprint density at radius 2 is 1.72 bits per heavy atom. The van der Waals surface area contributed by atoms with Gasteiger partial charge < -0.3 is 19.9 Å². The molecule has 3 aromatic rings. The molecule has 1 aliphatic heterocycles. The van der Waals surface area contributed by atoms with Crippen molar-refractivity contribution in [2.75, 3.05) is 51.7 Å². The number of benzene rings is 2. The third kappa shape index (κ3) is 5.84. The van der Waals surface area contributed by atoms with Gasteiger partial charge in [0, 0.05) is 56.2 Å². The molecule has 1 aromatic heterocycles. The van der Waals surface area contributed by atoms with Crippen LogP contribution < -0.4 is 10.1 Å². The zero-order chi connectivity index (χ0) is 22.3. The Morgan fingerprint density at radius 3 is 2.50 bits per heavy atom. The van der Waals surface area contributed by atoms with E-state index in [1.165, 1.54) is 11.1 Å². The van der Waals surface area contributed by atoms with Crippen molar-refractivity contribution in [3.8, 4) is 17.0 Å². The van der Waals surface area contributed by atoms with Crippen molar-refractivity contribution in [1.29, 1.82) is 0 Å². The zero-order valence-electron chi connectivity index (χ0n) is 19.3. The predicted molar refractivity (Wildman–Crippen MR) is 131 cm³/mol. The van der Waals surface area contributed by atoms with Gasteiger partial charge in [-0.3, -0.25) is 0 Å². The first-order valence-corrected chi connectivity index (χ1v) is 11.4. The highest BCUT2D eigenvalue weighted by Crippen LogP contribution is 2.27. The number of likely N-dealkylation sites (N-methyl/N-ethyl adjacent to an activating group) is 1. The summed E-state index contributed by atoms with van der Waals surface area (Å²) in [6.07, 6.45) is 2.83. The molecule has 6 nitrogen and oxygen atoms in total. The molecule has 0 unspecified atom stereocenters. The van der Waals surface area contributed by atoms with E-state index in [2.05, 4.69) is 59.2 Å². The van der Waals surface area contributed by atoms with Crippen LogP contribution in [0.2, 0.25) is 0 Å². The van der Waals surface area contributed by atoms with Gasteiger partial charge in [-0.15, -0.1) is 0 Å². The maximum Gasteiger partial charge on any atom is 0.227 e. The average Bonchev–Trinajstić information content (AvgIpc) is 2.78. The first-order chi connectivity index (χ1) is 15.6. The second-order valence-electron chi connectivity index (χ2n) is 8.53. The van der Waals surface area contributed by atoms with Crippen LogP contribution in [0.25, 0.3) is 11.3 Å². The topological polar surface area (TPSA) is 53.5 Å². The van der Waals surface area contributed by atoms with Crippen LogP contribution in [0.5, 0.6) is 5.75 Å². The number of piperazine rings is 1. The SMILES string of the molecule is Cc1cccc(C)c1-c1ccnc(Nc2cccc(OCCCN3CCN(C)CC3)c2)n1. The Kier molecular flexibility index (Phi) is 7.35. The summed E-state index contributed by atoms with van der Waals surface area (Å²) < 4.78 is 6.00. The minimum absolute atomic E-state index is 0.581. The molecular weight excluding hydrogens is 398 g/mol. The van der Waals surface area contributed by atoms with Crippen LogP contribution in [0.15, 0.2) is 54.7 Å². The largest absolute Gasteiger partial charge is 0.493 e. The molecule has 1 N–H and O–H groups in total. The molecule has 0 bridgehead atoms. The summed E-state index contributed by atoms with van der Waals surface area (Å²) in [5, 5.41) is 3.32. The van der Waals surface area contributed by atoms with E-state index >= 15 is 0 Å². The van der Waals surface area contributed by atoms with Crippen LogP contribution in [0, 0.1) is 13.8 Å². The van der Waals surface area contributed by atoms with Gasteiger partial charge in [0.2, 0.25) is 5.95 Å². The van der Waals surface area contributed by atoms with Crippen LogP contribution in [0.3, 0.4) is 0 Å². The van der Waals surface area contributed by atoms with Gasteiger partial charge in [-0.25, -0.2) is 9.97 Å². The Balaban J connectivity index is 1.34. The molecule has 6 heteroatoms. The van der Waals surface area contributed by atoms with Crippen molar-refractivity contribution < 1.29 is 4.74 Å². The molecule has 2 aromatic carbocycles. The molecule has 1 saturated heterocycles. The van der Waals surface area contributed by atoms with Crippen molar-refractivity contribution >= 4 is 11.6 Å². The molecule has 0 amide bonds. The smallest absolute Gasteiger partial charge is 0.227 e. The third-order valence-electron chi connectivity index (χ3n) is 5.97. The minimum Gasteiger partial charge on any atom is -0.493 e. The summed E-state index contributed by atoms with van der Waals surface area (Å²) >= 11 is 0. The molecule has 0 aliphatic carbocycles. The third-order valence-corrected chi connectivity index (χ3v) is 5.97. The molecule has 168 valence electrons. The van der Waals surface area contributed by atoms with Gasteiger partial charge in [0.1, 0.15) is 5.75 Å². The first kappa shape index (κ1) is 22.2. The Bertz CT molecular complexity index is 1010. The van der Waals surface area contributed by atoms with E-state index in [4.69, 9.17) is 9.72 Å². The van der Waals surface area contributed by atoms with E-state index in [9.17, 15) is 0 Å². The van der Waals surface area contributed by atoms with Gasteiger partial charge in [0.25, 0.3) is 0 Å². The molecule has 32 heavy (non-hydrogen) atoms.